The molecule has 1 unspecified atom stereocenters. The minimum Gasteiger partial charge on any atom is -0.496 e. The Morgan fingerprint density at radius 1 is 0.914 bits per heavy atom. The minimum atomic E-state index is -2.11. The molecule has 12 nitrogen and oxygen atoms in total. The highest BCUT2D eigenvalue weighted by Crippen LogP contribution is 2.60. The normalized spacial score (nSPS) is 17.3. The van der Waals surface area contributed by atoms with Gasteiger partial charge in [0.15, 0.2) is 12.8 Å². The fourth-order valence-corrected chi connectivity index (χ4v) is 8.82. The maximum absolute atomic E-state index is 16.1. The predicted octanol–water partition coefficient (Wildman–Crippen LogP) is 6.25. The lowest BCUT2D eigenvalue weighted by atomic mass is 9.68. The molecule has 3 aliphatic rings. The summed E-state index contributed by atoms with van der Waals surface area (Å²) in [6, 6.07) is 21.5. The number of ether oxygens (including phenoxy) is 8. The van der Waals surface area contributed by atoms with Crippen LogP contribution in [0.25, 0.3) is 40.6 Å². The molecule has 0 amide bonds. The number of Topliss-reactive ketones (excluding diaryl/α,β-unsaturated/α-hetero) is 1. The van der Waals surface area contributed by atoms with E-state index in [4.69, 9.17) is 42.4 Å². The number of hydrogen-bond acceptors (Lipinski definition) is 11. The van der Waals surface area contributed by atoms with Crippen LogP contribution in [0.1, 0.15) is 43.2 Å². The molecule has 0 fully saturated rings. The molecule has 5 aromatic rings. The highest BCUT2D eigenvalue weighted by atomic mass is 28.3. The predicted molar refractivity (Wildman–Crippen MR) is 217 cm³/mol. The van der Waals surface area contributed by atoms with E-state index in [1.807, 2.05) is 54.6 Å². The van der Waals surface area contributed by atoms with Crippen LogP contribution in [-0.2, 0) is 47.7 Å². The van der Waals surface area contributed by atoms with Crippen molar-refractivity contribution >= 4 is 49.2 Å². The van der Waals surface area contributed by atoms with Gasteiger partial charge in [0.1, 0.15) is 41.6 Å². The van der Waals surface area contributed by atoms with Crippen molar-refractivity contribution in [2.45, 2.75) is 50.6 Å². The quantitative estimate of drug-likeness (QED) is 0.0468. The average molecular weight is 805 g/mol. The second-order valence-corrected chi connectivity index (χ2v) is 21.3. The second-order valence-electron chi connectivity index (χ2n) is 15.7. The van der Waals surface area contributed by atoms with Crippen LogP contribution in [0, 0.1) is 6.92 Å². The van der Waals surface area contributed by atoms with E-state index < -0.39 is 31.2 Å². The van der Waals surface area contributed by atoms with Gasteiger partial charge in [-0.05, 0) is 46.4 Å². The first-order valence-corrected chi connectivity index (χ1v) is 22.7. The Morgan fingerprint density at radius 3 is 2.24 bits per heavy atom. The van der Waals surface area contributed by atoms with E-state index in [0.29, 0.717) is 45.5 Å². The smallest absolute Gasteiger partial charge is 0.352 e. The number of carbonyl (C=O) groups is 2. The van der Waals surface area contributed by atoms with Gasteiger partial charge in [-0.25, -0.2) is 9.32 Å². The molecule has 58 heavy (non-hydrogen) atoms. The SMILES string of the molecule is COC(=O)c1c(OC)cc2cc3c(c(OCc4ccccc4)c2c1C)-c1c2c(o[n+]1C)C=C(OC)C1(OC=c4ccccc4=CO1)C2(OCOCC[Si](C)(C)C)C3=O. The van der Waals surface area contributed by atoms with Crippen molar-refractivity contribution in [1.29, 1.82) is 0 Å². The van der Waals surface area contributed by atoms with Crippen molar-refractivity contribution in [2.75, 3.05) is 34.7 Å². The standard InChI is InChI=1S/C45H46NO11Si/c1-27-36-31(21-33(49-3)37(27)43(48)51-5)20-32-38(41(36)53-23-28-14-10-9-11-15-28)40-39-34(57-46(40)2)22-35(50-4)45(54-24-29-16-12-13-17-30(29)25-55-45)44(39,42(32)47)56-26-52-18-19-58(6,7)8/h9-17,20-22,24-25H,18-19,23,26H2,1-8H3/q+1. The summed E-state index contributed by atoms with van der Waals surface area (Å²) in [5.74, 6) is -2.14. The van der Waals surface area contributed by atoms with Crippen molar-refractivity contribution in [3.63, 3.8) is 0 Å². The Kier molecular flexibility index (Phi) is 9.94. The second kappa shape index (κ2) is 14.8. The molecule has 2 aliphatic carbocycles. The van der Waals surface area contributed by atoms with Gasteiger partial charge in [0.2, 0.25) is 11.5 Å². The van der Waals surface area contributed by atoms with E-state index in [0.717, 1.165) is 22.0 Å². The highest BCUT2D eigenvalue weighted by Gasteiger charge is 2.74. The summed E-state index contributed by atoms with van der Waals surface area (Å²) in [5, 5.41) is 2.58. The Bertz CT molecular complexity index is 2590. The lowest BCUT2D eigenvalue weighted by molar-refractivity contribution is -0.836. The van der Waals surface area contributed by atoms with E-state index in [-0.39, 0.29) is 41.8 Å². The van der Waals surface area contributed by atoms with Crippen molar-refractivity contribution in [1.82, 2.24) is 0 Å². The van der Waals surface area contributed by atoms with Gasteiger partial charge >= 0.3 is 11.8 Å². The highest BCUT2D eigenvalue weighted by molar-refractivity contribution is 6.76. The molecular weight excluding hydrogens is 759 g/mol. The largest absolute Gasteiger partial charge is 0.496 e. The fraction of sp³-hybridized carbons (Fsp3) is 0.311. The van der Waals surface area contributed by atoms with Gasteiger partial charge in [0, 0.05) is 42.1 Å². The van der Waals surface area contributed by atoms with E-state index in [1.54, 1.807) is 49.4 Å². The summed E-state index contributed by atoms with van der Waals surface area (Å²) in [6.45, 7) is 8.85. The van der Waals surface area contributed by atoms with Crippen LogP contribution in [0.5, 0.6) is 11.5 Å². The Morgan fingerprint density at radius 2 is 1.60 bits per heavy atom. The first kappa shape index (κ1) is 39.0. The summed E-state index contributed by atoms with van der Waals surface area (Å²) >= 11 is 0. The summed E-state index contributed by atoms with van der Waals surface area (Å²) in [4.78, 5) is 29.5. The zero-order chi connectivity index (χ0) is 41.0. The topological polar surface area (TPSA) is 125 Å². The van der Waals surface area contributed by atoms with Crippen LogP contribution in [0.2, 0.25) is 25.7 Å². The van der Waals surface area contributed by atoms with Crippen LogP contribution >= 0.6 is 0 Å². The summed E-state index contributed by atoms with van der Waals surface area (Å²) in [6.07, 6.45) is 4.75. The van der Waals surface area contributed by atoms with Gasteiger partial charge in [-0.15, -0.1) is 0 Å². The molecule has 4 aromatic carbocycles. The van der Waals surface area contributed by atoms with Crippen molar-refractivity contribution in [3.05, 3.63) is 117 Å². The van der Waals surface area contributed by atoms with Crippen LogP contribution in [-0.4, -0.2) is 60.3 Å². The van der Waals surface area contributed by atoms with E-state index in [1.165, 1.54) is 21.3 Å². The molecule has 8 rings (SSSR count). The van der Waals surface area contributed by atoms with Gasteiger partial charge in [-0.2, -0.15) is 0 Å². The van der Waals surface area contributed by atoms with Crippen LogP contribution in [0.3, 0.4) is 0 Å². The molecule has 0 saturated heterocycles. The molecule has 0 bridgehead atoms. The van der Waals surface area contributed by atoms with Gasteiger partial charge in [-0.3, -0.25) is 4.79 Å². The number of esters is 1. The zero-order valence-corrected chi connectivity index (χ0v) is 34.8. The fourth-order valence-electron chi connectivity index (χ4n) is 8.07. The summed E-state index contributed by atoms with van der Waals surface area (Å²) < 4.78 is 58.5. The zero-order valence-electron chi connectivity index (χ0n) is 33.8. The molecular formula is C45H46NO11Si+. The lowest BCUT2D eigenvalue weighted by Crippen LogP contribution is -2.64. The molecule has 300 valence electrons. The van der Waals surface area contributed by atoms with Gasteiger partial charge < -0.3 is 37.9 Å². The lowest BCUT2D eigenvalue weighted by Gasteiger charge is -2.48. The number of nitrogens with zero attached hydrogens (tertiary/aromatic N) is 1. The van der Waals surface area contributed by atoms with E-state index in [2.05, 4.69) is 19.6 Å². The van der Waals surface area contributed by atoms with Crippen LogP contribution in [0.4, 0.5) is 0 Å². The van der Waals surface area contributed by atoms with E-state index in [9.17, 15) is 4.79 Å². The third kappa shape index (κ3) is 6.07. The number of fused-ring (bicyclic) bond motifs is 5. The Labute approximate surface area is 336 Å². The number of carbonyl (C=O) groups excluding carboxylic acids is 2. The third-order valence-corrected chi connectivity index (χ3v) is 12.6. The van der Waals surface area contributed by atoms with Gasteiger partial charge in [0.05, 0.1) is 33.9 Å². The average Bonchev–Trinajstić information content (AvgIpc) is 3.42. The Hall–Kier alpha value is -5.89. The monoisotopic (exact) mass is 804 g/mol. The number of ketones is 1. The van der Waals surface area contributed by atoms with Gasteiger partial charge in [-0.1, -0.05) is 74.2 Å². The molecule has 0 radical (unpaired) electrons. The number of methoxy groups -OCH3 is 3. The van der Waals surface area contributed by atoms with E-state index >= 15 is 4.79 Å². The summed E-state index contributed by atoms with van der Waals surface area (Å²) in [5.41, 5.74) is 0.985. The van der Waals surface area contributed by atoms with Crippen molar-refractivity contribution in [2.24, 2.45) is 7.05 Å². The molecule has 13 heteroatoms. The number of rotatable bonds is 12. The number of benzene rings is 4. The van der Waals surface area contributed by atoms with Crippen molar-refractivity contribution < 1.29 is 56.7 Å². The molecule has 1 aromatic heterocycles. The molecule has 0 N–H and O–H groups in total. The molecule has 2 heterocycles. The molecule has 1 atom stereocenters. The summed E-state index contributed by atoms with van der Waals surface area (Å²) in [7, 11) is 4.53. The van der Waals surface area contributed by atoms with Crippen LogP contribution < -0.4 is 24.7 Å². The Balaban J connectivity index is 1.44. The molecule has 1 spiro atoms. The van der Waals surface area contributed by atoms with Crippen molar-refractivity contribution in [3.8, 4) is 22.8 Å². The molecule has 1 aliphatic heterocycles. The van der Waals surface area contributed by atoms with Crippen LogP contribution in [0.15, 0.2) is 77.0 Å². The first-order valence-electron chi connectivity index (χ1n) is 19.0. The molecule has 0 saturated carbocycles. The van der Waals surface area contributed by atoms with Gasteiger partial charge in [0.25, 0.3) is 11.3 Å². The maximum atomic E-state index is 16.1. The number of aryl methyl sites for hydroxylation is 2. The first-order chi connectivity index (χ1) is 27.9. The third-order valence-electron chi connectivity index (χ3n) is 10.9. The maximum Gasteiger partial charge on any atom is 0.352 e. The number of aromatic nitrogens is 1. The number of hydrogen-bond donors (Lipinski definition) is 0. The minimum absolute atomic E-state index is 0.127.